The van der Waals surface area contributed by atoms with E-state index in [1.165, 1.54) is 25.0 Å². The molecule has 0 amide bonds. The summed E-state index contributed by atoms with van der Waals surface area (Å²) in [5.41, 5.74) is 1.21. The minimum atomic E-state index is 0.622. The van der Waals surface area contributed by atoms with Crippen molar-refractivity contribution in [2.24, 2.45) is 5.92 Å². The van der Waals surface area contributed by atoms with E-state index in [0.717, 1.165) is 12.3 Å². The van der Waals surface area contributed by atoms with Crippen LogP contribution in [0.25, 0.3) is 0 Å². The van der Waals surface area contributed by atoms with Crippen molar-refractivity contribution in [1.29, 1.82) is 0 Å². The highest BCUT2D eigenvalue weighted by atomic mass is 14.9. The Balaban J connectivity index is 3.72. The Kier molecular flexibility index (Phi) is 6.75. The molecule has 0 bridgehead atoms. The zero-order valence-electron chi connectivity index (χ0n) is 9.69. The van der Waals surface area contributed by atoms with Crippen LogP contribution in [0.2, 0.25) is 0 Å². The highest BCUT2D eigenvalue weighted by molar-refractivity contribution is 4.94. The molecule has 0 fully saturated rings. The number of rotatable bonds is 7. The monoisotopic (exact) mass is 183 g/mol. The minimum absolute atomic E-state index is 0.622. The smallest absolute Gasteiger partial charge is 0.0252 e. The number of nitrogens with one attached hydrogen (secondary N) is 1. The summed E-state index contributed by atoms with van der Waals surface area (Å²) in [5, 5.41) is 3.49. The van der Waals surface area contributed by atoms with Gasteiger partial charge in [-0.15, -0.1) is 0 Å². The summed E-state index contributed by atoms with van der Waals surface area (Å²) in [7, 11) is 0. The van der Waals surface area contributed by atoms with Crippen LogP contribution in [0.15, 0.2) is 12.3 Å². The van der Waals surface area contributed by atoms with Crippen LogP contribution in [0.4, 0.5) is 0 Å². The molecule has 0 saturated heterocycles. The molecule has 0 aliphatic heterocycles. The third-order valence-corrected chi connectivity index (χ3v) is 2.69. The largest absolute Gasteiger partial charge is 0.386 e. The SMILES string of the molecule is C=C(CC(C)CC)NC(CC)CC. The first kappa shape index (κ1) is 12.5. The van der Waals surface area contributed by atoms with E-state index in [2.05, 4.69) is 39.6 Å². The summed E-state index contributed by atoms with van der Waals surface area (Å²) in [6, 6.07) is 0.622. The topological polar surface area (TPSA) is 12.0 Å². The summed E-state index contributed by atoms with van der Waals surface area (Å²) >= 11 is 0. The van der Waals surface area contributed by atoms with E-state index in [-0.39, 0.29) is 0 Å². The van der Waals surface area contributed by atoms with Crippen LogP contribution in [-0.2, 0) is 0 Å². The summed E-state index contributed by atoms with van der Waals surface area (Å²) < 4.78 is 0. The predicted molar refractivity (Wildman–Crippen MR) is 60.7 cm³/mol. The van der Waals surface area contributed by atoms with Gasteiger partial charge in [-0.05, 0) is 25.2 Å². The van der Waals surface area contributed by atoms with Crippen molar-refractivity contribution < 1.29 is 0 Å². The van der Waals surface area contributed by atoms with E-state index >= 15 is 0 Å². The Morgan fingerprint density at radius 2 is 1.69 bits per heavy atom. The van der Waals surface area contributed by atoms with Crippen molar-refractivity contribution in [3.05, 3.63) is 12.3 Å². The number of hydrogen-bond donors (Lipinski definition) is 1. The molecule has 0 spiro atoms. The molecule has 0 aliphatic rings. The summed E-state index contributed by atoms with van der Waals surface area (Å²) in [6.07, 6.45) is 4.74. The van der Waals surface area contributed by atoms with Crippen molar-refractivity contribution in [1.82, 2.24) is 5.32 Å². The maximum absolute atomic E-state index is 4.07. The molecule has 0 aromatic rings. The Morgan fingerprint density at radius 3 is 2.08 bits per heavy atom. The quantitative estimate of drug-likeness (QED) is 0.634. The third-order valence-electron chi connectivity index (χ3n) is 2.69. The van der Waals surface area contributed by atoms with Crippen molar-refractivity contribution in [2.75, 3.05) is 0 Å². The lowest BCUT2D eigenvalue weighted by Crippen LogP contribution is -2.27. The van der Waals surface area contributed by atoms with Crippen LogP contribution in [-0.4, -0.2) is 6.04 Å². The summed E-state index contributed by atoms with van der Waals surface area (Å²) in [4.78, 5) is 0. The molecule has 1 heteroatoms. The van der Waals surface area contributed by atoms with Gasteiger partial charge in [-0.1, -0.05) is 40.7 Å². The first-order valence-corrected chi connectivity index (χ1v) is 5.58. The van der Waals surface area contributed by atoms with Gasteiger partial charge >= 0.3 is 0 Å². The van der Waals surface area contributed by atoms with Gasteiger partial charge in [-0.25, -0.2) is 0 Å². The second kappa shape index (κ2) is 6.99. The van der Waals surface area contributed by atoms with Gasteiger partial charge < -0.3 is 5.32 Å². The van der Waals surface area contributed by atoms with Crippen LogP contribution in [0.3, 0.4) is 0 Å². The van der Waals surface area contributed by atoms with E-state index in [4.69, 9.17) is 0 Å². The van der Waals surface area contributed by atoms with Gasteiger partial charge in [0.25, 0.3) is 0 Å². The van der Waals surface area contributed by atoms with Crippen molar-refractivity contribution in [2.45, 2.75) is 59.4 Å². The number of hydrogen-bond acceptors (Lipinski definition) is 1. The summed E-state index contributed by atoms with van der Waals surface area (Å²) in [6.45, 7) is 13.0. The maximum Gasteiger partial charge on any atom is 0.0252 e. The highest BCUT2D eigenvalue weighted by Crippen LogP contribution is 2.12. The molecule has 78 valence electrons. The lowest BCUT2D eigenvalue weighted by Gasteiger charge is -2.20. The average Bonchev–Trinajstić information content (AvgIpc) is 2.13. The second-order valence-corrected chi connectivity index (χ2v) is 3.98. The van der Waals surface area contributed by atoms with Crippen molar-refractivity contribution >= 4 is 0 Å². The van der Waals surface area contributed by atoms with E-state index in [9.17, 15) is 0 Å². The molecular formula is C12H25N. The zero-order chi connectivity index (χ0) is 10.3. The van der Waals surface area contributed by atoms with Gasteiger partial charge in [0, 0.05) is 11.7 Å². The molecule has 1 unspecified atom stereocenters. The van der Waals surface area contributed by atoms with E-state index in [1.54, 1.807) is 0 Å². The minimum Gasteiger partial charge on any atom is -0.386 e. The van der Waals surface area contributed by atoms with Crippen LogP contribution < -0.4 is 5.32 Å². The van der Waals surface area contributed by atoms with Gasteiger partial charge in [-0.2, -0.15) is 0 Å². The molecule has 0 radical (unpaired) electrons. The first-order chi connectivity index (χ1) is 6.13. The normalized spacial score (nSPS) is 13.0. The van der Waals surface area contributed by atoms with Crippen LogP contribution in [0, 0.1) is 5.92 Å². The fourth-order valence-corrected chi connectivity index (χ4v) is 1.41. The second-order valence-electron chi connectivity index (χ2n) is 3.98. The van der Waals surface area contributed by atoms with Gasteiger partial charge in [0.1, 0.15) is 0 Å². The fraction of sp³-hybridized carbons (Fsp3) is 0.833. The van der Waals surface area contributed by atoms with Crippen molar-refractivity contribution in [3.63, 3.8) is 0 Å². The Morgan fingerprint density at radius 1 is 1.15 bits per heavy atom. The lowest BCUT2D eigenvalue weighted by molar-refractivity contribution is 0.481. The van der Waals surface area contributed by atoms with Crippen LogP contribution in [0.1, 0.15) is 53.4 Å². The van der Waals surface area contributed by atoms with Gasteiger partial charge in [-0.3, -0.25) is 0 Å². The molecule has 1 atom stereocenters. The van der Waals surface area contributed by atoms with E-state index in [1.807, 2.05) is 0 Å². The van der Waals surface area contributed by atoms with Crippen LogP contribution in [0.5, 0.6) is 0 Å². The molecule has 0 rings (SSSR count). The molecule has 13 heavy (non-hydrogen) atoms. The maximum atomic E-state index is 4.07. The average molecular weight is 183 g/mol. The van der Waals surface area contributed by atoms with E-state index < -0.39 is 0 Å². The molecule has 0 aromatic carbocycles. The Hall–Kier alpha value is -0.460. The van der Waals surface area contributed by atoms with Gasteiger partial charge in [0.05, 0.1) is 0 Å². The highest BCUT2D eigenvalue weighted by Gasteiger charge is 2.06. The Labute approximate surface area is 83.6 Å². The molecule has 0 aromatic heterocycles. The molecular weight excluding hydrogens is 158 g/mol. The standard InChI is InChI=1S/C12H25N/c1-6-10(4)9-11(5)13-12(7-2)8-3/h10,12-13H,5-9H2,1-4H3. The molecule has 0 heterocycles. The Bertz CT molecular complexity index is 136. The summed E-state index contributed by atoms with van der Waals surface area (Å²) in [5.74, 6) is 0.759. The lowest BCUT2D eigenvalue weighted by atomic mass is 10.0. The number of allylic oxidation sites excluding steroid dienone is 1. The molecule has 1 N–H and O–H groups in total. The van der Waals surface area contributed by atoms with Crippen molar-refractivity contribution in [3.8, 4) is 0 Å². The molecule has 1 nitrogen and oxygen atoms in total. The predicted octanol–water partition coefficient (Wildman–Crippen LogP) is 3.71. The van der Waals surface area contributed by atoms with E-state index in [0.29, 0.717) is 6.04 Å². The first-order valence-electron chi connectivity index (χ1n) is 5.58. The molecule has 0 saturated carbocycles. The zero-order valence-corrected chi connectivity index (χ0v) is 9.69. The van der Waals surface area contributed by atoms with Gasteiger partial charge in [0.2, 0.25) is 0 Å². The van der Waals surface area contributed by atoms with Crippen LogP contribution >= 0.6 is 0 Å². The molecule has 0 aliphatic carbocycles. The third kappa shape index (κ3) is 5.73. The fourth-order valence-electron chi connectivity index (χ4n) is 1.41. The van der Waals surface area contributed by atoms with Gasteiger partial charge in [0.15, 0.2) is 0 Å².